The van der Waals surface area contributed by atoms with E-state index in [-0.39, 0.29) is 17.7 Å². The second-order valence-corrected chi connectivity index (χ2v) is 7.52. The summed E-state index contributed by atoms with van der Waals surface area (Å²) in [6.45, 7) is 2.83. The van der Waals surface area contributed by atoms with E-state index in [1.54, 1.807) is 0 Å². The highest BCUT2D eigenvalue weighted by Crippen LogP contribution is 2.32. The number of hydrogen-bond acceptors (Lipinski definition) is 2. The Labute approximate surface area is 154 Å². The van der Waals surface area contributed by atoms with Gasteiger partial charge in [0.2, 0.25) is 5.91 Å². The molecule has 0 heterocycles. The van der Waals surface area contributed by atoms with Crippen molar-refractivity contribution < 1.29 is 9.59 Å². The van der Waals surface area contributed by atoms with Crippen LogP contribution in [0, 0.1) is 18.8 Å². The third-order valence-electron chi connectivity index (χ3n) is 5.16. The van der Waals surface area contributed by atoms with E-state index in [9.17, 15) is 9.59 Å². The predicted molar refractivity (Wildman–Crippen MR) is 103 cm³/mol. The molecule has 2 N–H and O–H groups in total. The molecule has 134 valence electrons. The van der Waals surface area contributed by atoms with Gasteiger partial charge < -0.3 is 10.6 Å². The van der Waals surface area contributed by atoms with Crippen LogP contribution in [0.15, 0.2) is 42.5 Å². The Bertz CT molecular complexity index is 834. The molecule has 0 unspecified atom stereocenters. The van der Waals surface area contributed by atoms with Gasteiger partial charge in [0.15, 0.2) is 0 Å². The summed E-state index contributed by atoms with van der Waals surface area (Å²) in [6, 6.07) is 13.7. The van der Waals surface area contributed by atoms with Gasteiger partial charge in [0.25, 0.3) is 5.91 Å². The highest BCUT2D eigenvalue weighted by molar-refractivity contribution is 5.96. The van der Waals surface area contributed by atoms with Crippen LogP contribution in [0.2, 0.25) is 0 Å². The molecule has 0 aliphatic heterocycles. The van der Waals surface area contributed by atoms with Gasteiger partial charge in [-0.3, -0.25) is 9.59 Å². The van der Waals surface area contributed by atoms with E-state index in [2.05, 4.69) is 17.6 Å². The zero-order valence-electron chi connectivity index (χ0n) is 15.0. The molecular weight excluding hydrogens is 324 g/mol. The minimum Gasteiger partial charge on any atom is -0.352 e. The van der Waals surface area contributed by atoms with Crippen molar-refractivity contribution in [3.63, 3.8) is 0 Å². The predicted octanol–water partition coefficient (Wildman–Crippen LogP) is 4.15. The zero-order valence-corrected chi connectivity index (χ0v) is 15.0. The Morgan fingerprint density at radius 3 is 2.38 bits per heavy atom. The Morgan fingerprint density at radius 2 is 1.73 bits per heavy atom. The number of anilines is 1. The molecule has 2 aliphatic carbocycles. The molecule has 0 aromatic heterocycles. The lowest BCUT2D eigenvalue weighted by Crippen LogP contribution is -2.25. The van der Waals surface area contributed by atoms with E-state index in [4.69, 9.17) is 0 Å². The summed E-state index contributed by atoms with van der Waals surface area (Å²) in [5, 5.41) is 5.99. The summed E-state index contributed by atoms with van der Waals surface area (Å²) in [6.07, 6.45) is 4.45. The molecule has 4 nitrogen and oxygen atoms in total. The van der Waals surface area contributed by atoms with Crippen molar-refractivity contribution in [3.8, 4) is 11.1 Å². The number of hydrogen-bond donors (Lipinski definition) is 2. The van der Waals surface area contributed by atoms with Crippen LogP contribution >= 0.6 is 0 Å². The lowest BCUT2D eigenvalue weighted by molar-refractivity contribution is -0.117. The summed E-state index contributed by atoms with van der Waals surface area (Å²) in [7, 11) is 0. The summed E-state index contributed by atoms with van der Waals surface area (Å²) in [5.74, 6) is 0.968. The van der Waals surface area contributed by atoms with Gasteiger partial charge in [-0.1, -0.05) is 18.2 Å². The fraction of sp³-hybridized carbons (Fsp3) is 0.364. The van der Waals surface area contributed by atoms with Gasteiger partial charge in [-0.2, -0.15) is 0 Å². The topological polar surface area (TPSA) is 58.2 Å². The van der Waals surface area contributed by atoms with Crippen LogP contribution in [-0.4, -0.2) is 18.4 Å². The van der Waals surface area contributed by atoms with Gasteiger partial charge in [-0.25, -0.2) is 0 Å². The molecule has 2 fully saturated rings. The van der Waals surface area contributed by atoms with E-state index >= 15 is 0 Å². The molecule has 0 radical (unpaired) electrons. The molecule has 0 atom stereocenters. The molecule has 2 aliphatic rings. The number of amides is 2. The highest BCUT2D eigenvalue weighted by atomic mass is 16.2. The maximum atomic E-state index is 12.2. The maximum absolute atomic E-state index is 12.2. The molecule has 2 aromatic rings. The third-order valence-corrected chi connectivity index (χ3v) is 5.16. The Hall–Kier alpha value is -2.62. The molecule has 26 heavy (non-hydrogen) atoms. The van der Waals surface area contributed by atoms with Crippen molar-refractivity contribution in [1.29, 1.82) is 0 Å². The van der Waals surface area contributed by atoms with Crippen molar-refractivity contribution in [2.24, 2.45) is 11.8 Å². The first-order valence-electron chi connectivity index (χ1n) is 9.40. The lowest BCUT2D eigenvalue weighted by Gasteiger charge is -2.11. The van der Waals surface area contributed by atoms with Crippen LogP contribution in [-0.2, 0) is 4.79 Å². The maximum Gasteiger partial charge on any atom is 0.251 e. The Morgan fingerprint density at radius 1 is 1.00 bits per heavy atom. The monoisotopic (exact) mass is 348 g/mol. The van der Waals surface area contributed by atoms with Gasteiger partial charge in [0.05, 0.1) is 0 Å². The fourth-order valence-electron chi connectivity index (χ4n) is 3.06. The molecule has 0 bridgehead atoms. The average Bonchev–Trinajstić information content (AvgIpc) is 3.55. The molecular formula is C22H24N2O2. The first-order chi connectivity index (χ1) is 12.6. The number of carbonyl (C=O) groups is 2. The van der Waals surface area contributed by atoms with Crippen molar-refractivity contribution in [2.75, 3.05) is 11.9 Å². The minimum absolute atomic E-state index is 0.00869. The molecule has 0 saturated heterocycles. The van der Waals surface area contributed by atoms with Crippen LogP contribution in [0.3, 0.4) is 0 Å². The molecule has 4 heteroatoms. The van der Waals surface area contributed by atoms with Gasteiger partial charge in [0, 0.05) is 23.7 Å². The molecule has 4 rings (SSSR count). The number of rotatable bonds is 6. The minimum atomic E-state index is -0.00869. The van der Waals surface area contributed by atoms with Crippen molar-refractivity contribution in [3.05, 3.63) is 53.6 Å². The number of benzene rings is 2. The van der Waals surface area contributed by atoms with Crippen LogP contribution in [0.1, 0.15) is 41.6 Å². The Kier molecular flexibility index (Phi) is 4.49. The standard InChI is InChI=1S/C22H24N2O2/c1-14-2-11-19(24-22(26)18-9-10-18)12-20(14)16-5-7-17(8-6-16)21(25)23-13-15-3-4-15/h2,5-8,11-12,15,18H,3-4,9-10,13H2,1H3,(H,23,25)(H,24,26). The first-order valence-corrected chi connectivity index (χ1v) is 9.40. The quantitative estimate of drug-likeness (QED) is 0.824. The van der Waals surface area contributed by atoms with Gasteiger partial charge >= 0.3 is 0 Å². The van der Waals surface area contributed by atoms with E-state index < -0.39 is 0 Å². The van der Waals surface area contributed by atoms with E-state index in [0.29, 0.717) is 11.5 Å². The first kappa shape index (κ1) is 16.8. The highest BCUT2D eigenvalue weighted by Gasteiger charge is 2.29. The van der Waals surface area contributed by atoms with Crippen LogP contribution in [0.25, 0.3) is 11.1 Å². The summed E-state index contributed by atoms with van der Waals surface area (Å²) < 4.78 is 0. The van der Waals surface area contributed by atoms with Crippen LogP contribution in [0.4, 0.5) is 5.69 Å². The normalized spacial score (nSPS) is 16.2. The van der Waals surface area contributed by atoms with Crippen molar-refractivity contribution >= 4 is 17.5 Å². The zero-order chi connectivity index (χ0) is 18.1. The molecule has 2 aromatic carbocycles. The van der Waals surface area contributed by atoms with Crippen LogP contribution < -0.4 is 10.6 Å². The molecule has 0 spiro atoms. The van der Waals surface area contributed by atoms with Crippen molar-refractivity contribution in [1.82, 2.24) is 5.32 Å². The van der Waals surface area contributed by atoms with E-state index in [0.717, 1.165) is 41.8 Å². The van der Waals surface area contributed by atoms with E-state index in [1.807, 2.05) is 42.5 Å². The number of nitrogens with one attached hydrogen (secondary N) is 2. The second kappa shape index (κ2) is 6.94. The molecule has 2 amide bonds. The SMILES string of the molecule is Cc1ccc(NC(=O)C2CC2)cc1-c1ccc(C(=O)NCC2CC2)cc1. The van der Waals surface area contributed by atoms with Gasteiger partial charge in [-0.05, 0) is 79.5 Å². The largest absolute Gasteiger partial charge is 0.352 e. The van der Waals surface area contributed by atoms with Gasteiger partial charge in [-0.15, -0.1) is 0 Å². The lowest BCUT2D eigenvalue weighted by atomic mass is 9.98. The molecule has 2 saturated carbocycles. The fourth-order valence-corrected chi connectivity index (χ4v) is 3.06. The number of carbonyl (C=O) groups excluding carboxylic acids is 2. The van der Waals surface area contributed by atoms with E-state index in [1.165, 1.54) is 12.8 Å². The summed E-state index contributed by atoms with van der Waals surface area (Å²) in [5.41, 5.74) is 4.77. The van der Waals surface area contributed by atoms with Gasteiger partial charge in [0.1, 0.15) is 0 Å². The average molecular weight is 348 g/mol. The Balaban J connectivity index is 1.48. The second-order valence-electron chi connectivity index (χ2n) is 7.52. The summed E-state index contributed by atoms with van der Waals surface area (Å²) >= 11 is 0. The smallest absolute Gasteiger partial charge is 0.251 e. The van der Waals surface area contributed by atoms with Crippen LogP contribution in [0.5, 0.6) is 0 Å². The summed E-state index contributed by atoms with van der Waals surface area (Å²) in [4.78, 5) is 24.2. The number of aryl methyl sites for hydroxylation is 1. The third kappa shape index (κ3) is 3.96. The van der Waals surface area contributed by atoms with Crippen molar-refractivity contribution in [2.45, 2.75) is 32.6 Å².